The van der Waals surface area contributed by atoms with Gasteiger partial charge in [-0.15, -0.1) is 0 Å². The van der Waals surface area contributed by atoms with Crippen molar-refractivity contribution in [2.45, 2.75) is 12.0 Å². The highest BCUT2D eigenvalue weighted by Gasteiger charge is 2.56. The molecule has 0 saturated carbocycles. The standard InChI is InChI=1S/C24H16BrNO2/c25-19-12-10-18(11-13-19)24-15-17(16-6-2-1-3-7-16)14-22(27)26(24)21-9-5-4-8-20(21)23(24)28/h1-14H,15H2/t24-/m0/s1. The molecule has 0 saturated heterocycles. The summed E-state index contributed by atoms with van der Waals surface area (Å²) in [4.78, 5) is 28.7. The van der Waals surface area contributed by atoms with Crippen molar-refractivity contribution in [1.82, 2.24) is 0 Å². The van der Waals surface area contributed by atoms with E-state index in [1.54, 1.807) is 11.0 Å². The van der Waals surface area contributed by atoms with Gasteiger partial charge in [-0.3, -0.25) is 14.5 Å². The molecular weight excluding hydrogens is 414 g/mol. The van der Waals surface area contributed by atoms with Crippen LogP contribution in [-0.2, 0) is 10.3 Å². The number of hydrogen-bond donors (Lipinski definition) is 0. The fraction of sp³-hybridized carbons (Fsp3) is 0.0833. The van der Waals surface area contributed by atoms with Gasteiger partial charge in [0.15, 0.2) is 5.78 Å². The summed E-state index contributed by atoms with van der Waals surface area (Å²) < 4.78 is 0.933. The van der Waals surface area contributed by atoms with E-state index in [2.05, 4.69) is 15.9 Å². The highest BCUT2D eigenvalue weighted by Crippen LogP contribution is 2.52. The molecule has 0 bridgehead atoms. The number of amides is 1. The summed E-state index contributed by atoms with van der Waals surface area (Å²) in [5.74, 6) is -0.188. The first-order valence-corrected chi connectivity index (χ1v) is 9.90. The largest absolute Gasteiger partial charge is 0.291 e. The van der Waals surface area contributed by atoms with Gasteiger partial charge in [-0.05, 0) is 41.0 Å². The van der Waals surface area contributed by atoms with Crippen LogP contribution in [0.5, 0.6) is 0 Å². The summed E-state index contributed by atoms with van der Waals surface area (Å²) in [7, 11) is 0. The Balaban J connectivity index is 1.76. The molecule has 5 rings (SSSR count). The molecule has 0 radical (unpaired) electrons. The minimum Gasteiger partial charge on any atom is -0.291 e. The molecule has 0 unspecified atom stereocenters. The van der Waals surface area contributed by atoms with Gasteiger partial charge < -0.3 is 0 Å². The average Bonchev–Trinajstić information content (AvgIpc) is 2.99. The van der Waals surface area contributed by atoms with Crippen LogP contribution in [-0.4, -0.2) is 11.7 Å². The summed E-state index contributed by atoms with van der Waals surface area (Å²) >= 11 is 3.47. The zero-order valence-corrected chi connectivity index (χ0v) is 16.5. The average molecular weight is 430 g/mol. The number of hydrogen-bond acceptors (Lipinski definition) is 2. The zero-order chi connectivity index (χ0) is 19.3. The Morgan fingerprint density at radius 3 is 2.25 bits per heavy atom. The Morgan fingerprint density at radius 2 is 1.50 bits per heavy atom. The van der Waals surface area contributed by atoms with E-state index in [0.29, 0.717) is 17.7 Å². The lowest BCUT2D eigenvalue weighted by Crippen LogP contribution is -2.52. The Kier molecular flexibility index (Phi) is 3.84. The van der Waals surface area contributed by atoms with E-state index >= 15 is 0 Å². The lowest BCUT2D eigenvalue weighted by molar-refractivity contribution is -0.115. The summed E-state index contributed by atoms with van der Waals surface area (Å²) in [5.41, 5.74) is 2.90. The predicted octanol–water partition coefficient (Wildman–Crippen LogP) is 5.36. The van der Waals surface area contributed by atoms with Crippen molar-refractivity contribution in [2.24, 2.45) is 0 Å². The second kappa shape index (κ2) is 6.28. The predicted molar refractivity (Wildman–Crippen MR) is 113 cm³/mol. The maximum absolute atomic E-state index is 13.7. The van der Waals surface area contributed by atoms with Gasteiger partial charge >= 0.3 is 0 Å². The maximum Gasteiger partial charge on any atom is 0.252 e. The number of nitrogens with zero attached hydrogens (tertiary/aromatic N) is 1. The van der Waals surface area contributed by atoms with Crippen LogP contribution in [0.4, 0.5) is 5.69 Å². The highest BCUT2D eigenvalue weighted by molar-refractivity contribution is 9.10. The lowest BCUT2D eigenvalue weighted by Gasteiger charge is -2.41. The van der Waals surface area contributed by atoms with E-state index in [0.717, 1.165) is 21.2 Å². The number of halogens is 1. The van der Waals surface area contributed by atoms with E-state index in [9.17, 15) is 9.59 Å². The lowest BCUT2D eigenvalue weighted by atomic mass is 9.76. The van der Waals surface area contributed by atoms with Crippen LogP contribution in [0, 0.1) is 0 Å². The Morgan fingerprint density at radius 1 is 0.821 bits per heavy atom. The van der Waals surface area contributed by atoms with Gasteiger partial charge in [0.2, 0.25) is 0 Å². The van der Waals surface area contributed by atoms with Gasteiger partial charge in [0.05, 0.1) is 5.69 Å². The monoisotopic (exact) mass is 429 g/mol. The number of carbonyl (C=O) groups excluding carboxylic acids is 2. The van der Waals surface area contributed by atoms with Crippen molar-refractivity contribution in [3.8, 4) is 0 Å². The summed E-state index contributed by atoms with van der Waals surface area (Å²) in [6.07, 6.45) is 2.11. The Bertz CT molecular complexity index is 1130. The van der Waals surface area contributed by atoms with E-state index in [1.807, 2.05) is 78.9 Å². The van der Waals surface area contributed by atoms with E-state index < -0.39 is 5.54 Å². The first-order chi connectivity index (χ1) is 13.6. The second-order valence-corrected chi connectivity index (χ2v) is 8.02. The van der Waals surface area contributed by atoms with Gasteiger partial charge in [0, 0.05) is 22.5 Å². The molecule has 0 aliphatic carbocycles. The SMILES string of the molecule is O=C1C=C(c2ccccc2)C[C@]2(c3ccc(Br)cc3)C(=O)c3ccccc3N12. The minimum absolute atomic E-state index is 0.0275. The van der Waals surface area contributed by atoms with Gasteiger partial charge in [-0.1, -0.05) is 70.5 Å². The third-order valence-corrected chi connectivity index (χ3v) is 6.11. The molecule has 4 heteroatoms. The molecule has 1 amide bonds. The number of benzene rings is 3. The van der Waals surface area contributed by atoms with Crippen molar-refractivity contribution < 1.29 is 9.59 Å². The van der Waals surface area contributed by atoms with Gasteiger partial charge in [-0.2, -0.15) is 0 Å². The van der Waals surface area contributed by atoms with Crippen molar-refractivity contribution in [2.75, 3.05) is 4.90 Å². The van der Waals surface area contributed by atoms with Gasteiger partial charge in [-0.25, -0.2) is 0 Å². The normalized spacial score (nSPS) is 20.6. The van der Waals surface area contributed by atoms with E-state index in [-0.39, 0.29) is 11.7 Å². The topological polar surface area (TPSA) is 37.4 Å². The Labute approximate surface area is 171 Å². The molecule has 0 N–H and O–H groups in total. The minimum atomic E-state index is -1.05. The van der Waals surface area contributed by atoms with Crippen LogP contribution in [0.1, 0.15) is 27.9 Å². The second-order valence-electron chi connectivity index (χ2n) is 7.10. The van der Waals surface area contributed by atoms with Crippen LogP contribution >= 0.6 is 15.9 Å². The van der Waals surface area contributed by atoms with Crippen molar-refractivity contribution in [3.05, 3.63) is 106 Å². The number of carbonyl (C=O) groups is 2. The third kappa shape index (κ3) is 2.34. The van der Waals surface area contributed by atoms with Crippen molar-refractivity contribution in [1.29, 1.82) is 0 Å². The molecule has 0 aromatic heterocycles. The van der Waals surface area contributed by atoms with Crippen LogP contribution < -0.4 is 4.90 Å². The smallest absolute Gasteiger partial charge is 0.252 e. The quantitative estimate of drug-likeness (QED) is 0.549. The van der Waals surface area contributed by atoms with E-state index in [1.165, 1.54) is 0 Å². The first-order valence-electron chi connectivity index (χ1n) is 9.11. The van der Waals surface area contributed by atoms with Gasteiger partial charge in [0.25, 0.3) is 5.91 Å². The number of anilines is 1. The van der Waals surface area contributed by atoms with Crippen molar-refractivity contribution in [3.63, 3.8) is 0 Å². The molecule has 28 heavy (non-hydrogen) atoms. The fourth-order valence-electron chi connectivity index (χ4n) is 4.32. The number of fused-ring (bicyclic) bond motifs is 3. The highest BCUT2D eigenvalue weighted by atomic mass is 79.9. The number of rotatable bonds is 2. The maximum atomic E-state index is 13.7. The molecule has 136 valence electrons. The molecule has 3 aromatic rings. The molecule has 3 nitrogen and oxygen atoms in total. The molecular formula is C24H16BrNO2. The summed E-state index contributed by atoms with van der Waals surface area (Å²) in [5, 5.41) is 0. The van der Waals surface area contributed by atoms with Crippen LogP contribution in [0.3, 0.4) is 0 Å². The zero-order valence-electron chi connectivity index (χ0n) is 14.9. The summed E-state index contributed by atoms with van der Waals surface area (Å²) in [6, 6.07) is 24.9. The third-order valence-electron chi connectivity index (χ3n) is 5.58. The molecule has 2 aliphatic heterocycles. The van der Waals surface area contributed by atoms with Gasteiger partial charge in [0.1, 0.15) is 5.54 Å². The molecule has 0 fully saturated rings. The number of para-hydroxylation sites is 1. The molecule has 2 aliphatic rings. The van der Waals surface area contributed by atoms with E-state index in [4.69, 9.17) is 0 Å². The van der Waals surface area contributed by atoms with Crippen LogP contribution in [0.25, 0.3) is 5.57 Å². The molecule has 3 aromatic carbocycles. The summed E-state index contributed by atoms with van der Waals surface area (Å²) in [6.45, 7) is 0. The number of ketones is 1. The van der Waals surface area contributed by atoms with Crippen molar-refractivity contribution >= 4 is 38.9 Å². The Hall–Kier alpha value is -2.98. The molecule has 0 spiro atoms. The molecule has 2 heterocycles. The number of Topliss-reactive ketones (excluding diaryl/α,β-unsaturated/α-hetero) is 1. The van der Waals surface area contributed by atoms with Crippen LogP contribution in [0.15, 0.2) is 89.4 Å². The fourth-order valence-corrected chi connectivity index (χ4v) is 4.59. The van der Waals surface area contributed by atoms with Crippen LogP contribution in [0.2, 0.25) is 0 Å². The first kappa shape index (κ1) is 17.1. The molecule has 1 atom stereocenters.